The molecule has 0 spiro atoms. The molecule has 1 aromatic carbocycles. The van der Waals surface area contributed by atoms with Crippen LogP contribution < -0.4 is 4.74 Å². The molecule has 0 aliphatic heterocycles. The molecule has 106 valence electrons. The summed E-state index contributed by atoms with van der Waals surface area (Å²) in [6.07, 6.45) is -0.383. The van der Waals surface area contributed by atoms with Gasteiger partial charge >= 0.3 is 5.97 Å². The second-order valence-electron chi connectivity index (χ2n) is 4.50. The molecular formula is C15H17NO4. The van der Waals surface area contributed by atoms with E-state index in [2.05, 4.69) is 4.98 Å². The molecule has 2 rings (SSSR count). The molecule has 0 saturated heterocycles. The fourth-order valence-electron chi connectivity index (χ4n) is 1.92. The number of fused-ring (bicyclic) bond motifs is 1. The van der Waals surface area contributed by atoms with Crippen molar-refractivity contribution < 1.29 is 19.1 Å². The Balaban J connectivity index is 2.20. The summed E-state index contributed by atoms with van der Waals surface area (Å²) in [5.41, 5.74) is 1.11. The number of carbonyl (C=O) groups excluding carboxylic acids is 2. The largest absolute Gasteiger partial charge is 0.497 e. The zero-order chi connectivity index (χ0) is 14.7. The highest BCUT2D eigenvalue weighted by atomic mass is 16.5. The number of nitrogens with one attached hydrogen (secondary N) is 1. The molecule has 0 fully saturated rings. The van der Waals surface area contributed by atoms with E-state index in [1.165, 1.54) is 0 Å². The lowest BCUT2D eigenvalue weighted by molar-refractivity contribution is -0.126. The van der Waals surface area contributed by atoms with Crippen LogP contribution in [0, 0.1) is 0 Å². The summed E-state index contributed by atoms with van der Waals surface area (Å²) in [4.78, 5) is 26.4. The first-order valence-electron chi connectivity index (χ1n) is 6.45. The average molecular weight is 275 g/mol. The van der Waals surface area contributed by atoms with E-state index < -0.39 is 12.1 Å². The van der Waals surface area contributed by atoms with Gasteiger partial charge in [0.1, 0.15) is 11.4 Å². The quantitative estimate of drug-likeness (QED) is 0.852. The minimum atomic E-state index is -0.728. The Hall–Kier alpha value is -2.30. The van der Waals surface area contributed by atoms with Crippen molar-refractivity contribution in [2.24, 2.45) is 0 Å². The van der Waals surface area contributed by atoms with Gasteiger partial charge in [0.25, 0.3) is 0 Å². The van der Waals surface area contributed by atoms with E-state index in [0.29, 0.717) is 17.9 Å². The van der Waals surface area contributed by atoms with Gasteiger partial charge in [-0.25, -0.2) is 4.79 Å². The summed E-state index contributed by atoms with van der Waals surface area (Å²) in [6.45, 7) is 3.32. The van der Waals surface area contributed by atoms with Gasteiger partial charge in [0, 0.05) is 23.4 Å². The van der Waals surface area contributed by atoms with Crippen molar-refractivity contribution >= 4 is 22.7 Å². The molecule has 0 bridgehead atoms. The molecule has 1 N–H and O–H groups in total. The highest BCUT2D eigenvalue weighted by Crippen LogP contribution is 2.21. The number of ketones is 1. The molecule has 1 aromatic heterocycles. The highest BCUT2D eigenvalue weighted by molar-refractivity contribution is 5.96. The summed E-state index contributed by atoms with van der Waals surface area (Å²) in [5, 5.41) is 0.882. The SMILES string of the molecule is CCC(=O)[C@H](C)OC(=O)c1cc2ccc(OC)cc2[nH]1. The van der Waals surface area contributed by atoms with Gasteiger partial charge in [-0.15, -0.1) is 0 Å². The number of ether oxygens (including phenoxy) is 2. The molecule has 0 saturated carbocycles. The van der Waals surface area contributed by atoms with Crippen LogP contribution in [0.5, 0.6) is 5.75 Å². The summed E-state index contributed by atoms with van der Waals surface area (Å²) in [5.74, 6) is 0.0689. The fourth-order valence-corrected chi connectivity index (χ4v) is 1.92. The van der Waals surface area contributed by atoms with Gasteiger partial charge in [-0.2, -0.15) is 0 Å². The maximum absolute atomic E-state index is 12.0. The van der Waals surface area contributed by atoms with Crippen LogP contribution in [0.25, 0.3) is 10.9 Å². The van der Waals surface area contributed by atoms with E-state index in [-0.39, 0.29) is 5.78 Å². The van der Waals surface area contributed by atoms with Gasteiger partial charge in [-0.05, 0) is 25.1 Å². The number of H-pyrrole nitrogens is 1. The van der Waals surface area contributed by atoms with Crippen LogP contribution in [-0.2, 0) is 9.53 Å². The van der Waals surface area contributed by atoms with Crippen LogP contribution >= 0.6 is 0 Å². The van der Waals surface area contributed by atoms with Crippen LogP contribution in [0.3, 0.4) is 0 Å². The molecular weight excluding hydrogens is 258 g/mol. The van der Waals surface area contributed by atoms with Crippen LogP contribution in [0.4, 0.5) is 0 Å². The van der Waals surface area contributed by atoms with Crippen molar-refractivity contribution in [1.29, 1.82) is 0 Å². The van der Waals surface area contributed by atoms with E-state index >= 15 is 0 Å². The molecule has 1 heterocycles. The number of carbonyl (C=O) groups is 2. The van der Waals surface area contributed by atoms with Gasteiger partial charge in [-0.1, -0.05) is 6.92 Å². The predicted octanol–water partition coefficient (Wildman–Crippen LogP) is 2.70. The lowest BCUT2D eigenvalue weighted by atomic mass is 10.2. The first-order valence-corrected chi connectivity index (χ1v) is 6.45. The van der Waals surface area contributed by atoms with Crippen molar-refractivity contribution in [2.75, 3.05) is 7.11 Å². The van der Waals surface area contributed by atoms with Gasteiger partial charge < -0.3 is 14.5 Å². The van der Waals surface area contributed by atoms with Gasteiger partial charge in [0.05, 0.1) is 7.11 Å². The third-order valence-electron chi connectivity index (χ3n) is 3.14. The number of benzene rings is 1. The molecule has 2 aromatic rings. The van der Waals surface area contributed by atoms with E-state index in [4.69, 9.17) is 9.47 Å². The van der Waals surface area contributed by atoms with E-state index in [9.17, 15) is 9.59 Å². The minimum absolute atomic E-state index is 0.101. The molecule has 20 heavy (non-hydrogen) atoms. The standard InChI is InChI=1S/C15H17NO4/c1-4-14(17)9(2)20-15(18)13-7-10-5-6-11(19-3)8-12(10)16-13/h5-9,16H,4H2,1-3H3/t9-/m0/s1. The lowest BCUT2D eigenvalue weighted by Gasteiger charge is -2.09. The molecule has 0 aliphatic rings. The predicted molar refractivity (Wildman–Crippen MR) is 75.0 cm³/mol. The Morgan fingerprint density at radius 3 is 2.70 bits per heavy atom. The molecule has 5 heteroatoms. The molecule has 1 atom stereocenters. The monoisotopic (exact) mass is 275 g/mol. The lowest BCUT2D eigenvalue weighted by Crippen LogP contribution is -2.23. The van der Waals surface area contributed by atoms with Crippen molar-refractivity contribution in [3.05, 3.63) is 30.0 Å². The first-order chi connectivity index (χ1) is 9.55. The minimum Gasteiger partial charge on any atom is -0.497 e. The molecule has 0 radical (unpaired) electrons. The average Bonchev–Trinajstić information content (AvgIpc) is 2.88. The smallest absolute Gasteiger partial charge is 0.355 e. The van der Waals surface area contributed by atoms with Crippen molar-refractivity contribution in [1.82, 2.24) is 4.98 Å². The van der Waals surface area contributed by atoms with E-state index in [1.807, 2.05) is 12.1 Å². The van der Waals surface area contributed by atoms with E-state index in [0.717, 1.165) is 10.9 Å². The molecule has 0 aliphatic carbocycles. The normalized spacial score (nSPS) is 12.2. The van der Waals surface area contributed by atoms with Crippen molar-refractivity contribution in [3.8, 4) is 5.75 Å². The molecule has 0 unspecified atom stereocenters. The zero-order valence-electron chi connectivity index (χ0n) is 11.7. The van der Waals surface area contributed by atoms with Gasteiger partial charge in [-0.3, -0.25) is 4.79 Å². The number of rotatable bonds is 5. The molecule has 0 amide bonds. The Morgan fingerprint density at radius 1 is 1.30 bits per heavy atom. The second kappa shape index (κ2) is 5.77. The van der Waals surface area contributed by atoms with E-state index in [1.54, 1.807) is 33.1 Å². The summed E-state index contributed by atoms with van der Waals surface area (Å²) in [7, 11) is 1.58. The van der Waals surface area contributed by atoms with Crippen LogP contribution in [0.1, 0.15) is 30.8 Å². The third-order valence-corrected chi connectivity index (χ3v) is 3.14. The van der Waals surface area contributed by atoms with Crippen LogP contribution in [0.2, 0.25) is 0 Å². The topological polar surface area (TPSA) is 68.4 Å². The maximum Gasteiger partial charge on any atom is 0.355 e. The second-order valence-corrected chi connectivity index (χ2v) is 4.50. The number of Topliss-reactive ketones (excluding diaryl/α,β-unsaturated/α-hetero) is 1. The number of methoxy groups -OCH3 is 1. The number of hydrogen-bond acceptors (Lipinski definition) is 4. The number of aromatic amines is 1. The Labute approximate surface area is 116 Å². The Kier molecular flexibility index (Phi) is 4.08. The van der Waals surface area contributed by atoms with Gasteiger partial charge in [0.2, 0.25) is 0 Å². The number of hydrogen-bond donors (Lipinski definition) is 1. The number of esters is 1. The Bertz CT molecular complexity index is 644. The Morgan fingerprint density at radius 2 is 2.05 bits per heavy atom. The van der Waals surface area contributed by atoms with Crippen molar-refractivity contribution in [2.45, 2.75) is 26.4 Å². The highest BCUT2D eigenvalue weighted by Gasteiger charge is 2.18. The van der Waals surface area contributed by atoms with Gasteiger partial charge in [0.15, 0.2) is 11.9 Å². The van der Waals surface area contributed by atoms with Crippen molar-refractivity contribution in [3.63, 3.8) is 0 Å². The summed E-state index contributed by atoms with van der Waals surface area (Å²) >= 11 is 0. The van der Waals surface area contributed by atoms with Crippen LogP contribution in [0.15, 0.2) is 24.3 Å². The maximum atomic E-state index is 12.0. The summed E-state index contributed by atoms with van der Waals surface area (Å²) < 4.78 is 10.2. The first kappa shape index (κ1) is 14.1. The third kappa shape index (κ3) is 2.82. The van der Waals surface area contributed by atoms with Crippen LogP contribution in [-0.4, -0.2) is 30.0 Å². The zero-order valence-corrected chi connectivity index (χ0v) is 11.7. The molecule has 5 nitrogen and oxygen atoms in total. The summed E-state index contributed by atoms with van der Waals surface area (Å²) in [6, 6.07) is 7.16. The fraction of sp³-hybridized carbons (Fsp3) is 0.333. The number of aromatic nitrogens is 1.